The number of rotatable bonds is 7. The number of hydrogen-bond donors (Lipinski definition) is 1. The van der Waals surface area contributed by atoms with E-state index in [0.29, 0.717) is 23.7 Å². The number of methoxy groups -OCH3 is 1. The highest BCUT2D eigenvalue weighted by atomic mass is 32.1. The van der Waals surface area contributed by atoms with Crippen molar-refractivity contribution in [3.8, 4) is 5.88 Å². The van der Waals surface area contributed by atoms with E-state index in [0.717, 1.165) is 11.1 Å². The van der Waals surface area contributed by atoms with E-state index in [-0.39, 0.29) is 18.4 Å². The lowest BCUT2D eigenvalue weighted by atomic mass is 10.0. The highest BCUT2D eigenvalue weighted by molar-refractivity contribution is 7.07. The van der Waals surface area contributed by atoms with Crippen LogP contribution in [0.1, 0.15) is 28.6 Å². The van der Waals surface area contributed by atoms with Gasteiger partial charge in [-0.05, 0) is 41.8 Å². The molecular formula is C17H18N4O3S. The minimum Gasteiger partial charge on any atom is -0.481 e. The van der Waals surface area contributed by atoms with Gasteiger partial charge >= 0.3 is 0 Å². The minimum absolute atomic E-state index is 0.109. The van der Waals surface area contributed by atoms with E-state index in [1.54, 1.807) is 31.6 Å². The molecule has 0 bridgehead atoms. The summed E-state index contributed by atoms with van der Waals surface area (Å²) in [5.74, 6) is 0.340. The molecule has 3 aromatic heterocycles. The third-order valence-electron chi connectivity index (χ3n) is 3.80. The summed E-state index contributed by atoms with van der Waals surface area (Å²) in [6.07, 6.45) is 2.42. The Bertz CT molecular complexity index is 832. The number of nitrogens with one attached hydrogen (secondary N) is 1. The van der Waals surface area contributed by atoms with Gasteiger partial charge < -0.3 is 10.1 Å². The quantitative estimate of drug-likeness (QED) is 0.698. The first-order chi connectivity index (χ1) is 12.2. The molecule has 1 atom stereocenters. The summed E-state index contributed by atoms with van der Waals surface area (Å²) in [4.78, 5) is 16.7. The van der Waals surface area contributed by atoms with Gasteiger partial charge in [-0.3, -0.25) is 4.79 Å². The van der Waals surface area contributed by atoms with Gasteiger partial charge in [0.2, 0.25) is 11.8 Å². The van der Waals surface area contributed by atoms with Crippen molar-refractivity contribution in [1.29, 1.82) is 0 Å². The Balaban J connectivity index is 1.81. The summed E-state index contributed by atoms with van der Waals surface area (Å²) in [7, 11) is 1.57. The average molecular weight is 358 g/mol. The van der Waals surface area contributed by atoms with Crippen LogP contribution in [-0.4, -0.2) is 28.3 Å². The maximum atomic E-state index is 12.5. The second kappa shape index (κ2) is 7.89. The zero-order valence-electron chi connectivity index (χ0n) is 13.9. The molecule has 0 spiro atoms. The minimum atomic E-state index is -0.258. The van der Waals surface area contributed by atoms with Crippen molar-refractivity contribution < 1.29 is 14.2 Å². The van der Waals surface area contributed by atoms with Crippen LogP contribution >= 0.6 is 11.3 Å². The van der Waals surface area contributed by atoms with Crippen molar-refractivity contribution in [1.82, 2.24) is 20.6 Å². The van der Waals surface area contributed by atoms with Gasteiger partial charge in [-0.1, -0.05) is 16.4 Å². The molecule has 3 aromatic rings. The van der Waals surface area contributed by atoms with Gasteiger partial charge in [0.1, 0.15) is 11.4 Å². The number of amides is 1. The molecule has 0 saturated heterocycles. The Labute approximate surface area is 149 Å². The lowest BCUT2D eigenvalue weighted by Gasteiger charge is -2.20. The molecule has 1 N–H and O–H groups in total. The lowest BCUT2D eigenvalue weighted by molar-refractivity contribution is -0.121. The van der Waals surface area contributed by atoms with Gasteiger partial charge in [0.25, 0.3) is 0 Å². The molecule has 130 valence electrons. The molecule has 8 heteroatoms. The number of ether oxygens (including phenoxy) is 1. The Morgan fingerprint density at radius 3 is 2.96 bits per heavy atom. The van der Waals surface area contributed by atoms with E-state index in [9.17, 15) is 4.79 Å². The molecule has 1 unspecified atom stereocenters. The molecule has 0 aromatic carbocycles. The van der Waals surface area contributed by atoms with Gasteiger partial charge in [-0.25, -0.2) is 9.61 Å². The molecule has 3 heterocycles. The van der Waals surface area contributed by atoms with Gasteiger partial charge in [-0.15, -0.1) is 0 Å². The number of carbonyl (C=O) groups excluding carboxylic acids is 1. The van der Waals surface area contributed by atoms with Crippen LogP contribution in [0.3, 0.4) is 0 Å². The van der Waals surface area contributed by atoms with Crippen LogP contribution in [0, 0.1) is 6.92 Å². The molecular weight excluding hydrogens is 340 g/mol. The first kappa shape index (κ1) is 17.1. The molecule has 0 aliphatic heterocycles. The third kappa shape index (κ3) is 4.21. The Morgan fingerprint density at radius 1 is 1.40 bits per heavy atom. The highest BCUT2D eigenvalue weighted by Gasteiger charge is 2.21. The predicted molar refractivity (Wildman–Crippen MR) is 92.4 cm³/mol. The van der Waals surface area contributed by atoms with Crippen molar-refractivity contribution >= 4 is 17.2 Å². The second-order valence-electron chi connectivity index (χ2n) is 5.53. The molecule has 0 saturated carbocycles. The second-order valence-corrected chi connectivity index (χ2v) is 6.31. The van der Waals surface area contributed by atoms with Gasteiger partial charge in [0.05, 0.1) is 19.6 Å². The molecule has 25 heavy (non-hydrogen) atoms. The fraction of sp³-hybridized carbons (Fsp3) is 0.294. The van der Waals surface area contributed by atoms with E-state index < -0.39 is 0 Å². The van der Waals surface area contributed by atoms with Gasteiger partial charge in [-0.2, -0.15) is 11.3 Å². The van der Waals surface area contributed by atoms with Gasteiger partial charge in [0, 0.05) is 11.8 Å². The van der Waals surface area contributed by atoms with Crippen LogP contribution in [0.5, 0.6) is 5.88 Å². The Hall–Kier alpha value is -2.74. The number of aryl methyl sites for hydroxylation is 1. The van der Waals surface area contributed by atoms with Crippen LogP contribution in [0.4, 0.5) is 0 Å². The molecule has 0 aliphatic rings. The van der Waals surface area contributed by atoms with Crippen LogP contribution in [0.25, 0.3) is 0 Å². The van der Waals surface area contributed by atoms with Crippen molar-refractivity contribution in [3.05, 3.63) is 57.7 Å². The first-order valence-corrected chi connectivity index (χ1v) is 8.69. The van der Waals surface area contributed by atoms with E-state index in [1.807, 2.05) is 23.6 Å². The summed E-state index contributed by atoms with van der Waals surface area (Å²) in [5.41, 5.74) is 3.12. The molecule has 0 fully saturated rings. The average Bonchev–Trinajstić information content (AvgIpc) is 3.26. The van der Waals surface area contributed by atoms with Gasteiger partial charge in [0.15, 0.2) is 0 Å². The fourth-order valence-electron chi connectivity index (χ4n) is 2.53. The van der Waals surface area contributed by atoms with Crippen LogP contribution in [0.2, 0.25) is 0 Å². The van der Waals surface area contributed by atoms with E-state index in [2.05, 4.69) is 30.6 Å². The maximum absolute atomic E-state index is 12.5. The number of hydrogen-bond acceptors (Lipinski definition) is 7. The smallest absolute Gasteiger partial charge is 0.226 e. The molecule has 3 rings (SSSR count). The summed E-state index contributed by atoms with van der Waals surface area (Å²) in [5, 5.41) is 14.6. The summed E-state index contributed by atoms with van der Waals surface area (Å²) in [6, 6.07) is 5.52. The third-order valence-corrected chi connectivity index (χ3v) is 4.53. The van der Waals surface area contributed by atoms with Crippen molar-refractivity contribution in [2.75, 3.05) is 7.11 Å². The number of nitrogens with zero attached hydrogens (tertiary/aromatic N) is 3. The monoisotopic (exact) mass is 358 g/mol. The zero-order chi connectivity index (χ0) is 17.6. The molecule has 0 aliphatic carbocycles. The first-order valence-electron chi connectivity index (χ1n) is 7.74. The van der Waals surface area contributed by atoms with Crippen molar-refractivity contribution in [2.24, 2.45) is 0 Å². The van der Waals surface area contributed by atoms with E-state index in [1.165, 1.54) is 0 Å². The number of carbonyl (C=O) groups is 1. The Morgan fingerprint density at radius 2 is 2.28 bits per heavy atom. The largest absolute Gasteiger partial charge is 0.481 e. The number of thiophene rings is 1. The van der Waals surface area contributed by atoms with Crippen molar-refractivity contribution in [3.63, 3.8) is 0 Å². The number of pyridine rings is 1. The highest BCUT2D eigenvalue weighted by Crippen LogP contribution is 2.26. The molecule has 7 nitrogen and oxygen atoms in total. The zero-order valence-corrected chi connectivity index (χ0v) is 14.7. The summed E-state index contributed by atoms with van der Waals surface area (Å²) < 4.78 is 10.0. The lowest BCUT2D eigenvalue weighted by Crippen LogP contribution is -2.31. The Kier molecular flexibility index (Phi) is 5.39. The van der Waals surface area contributed by atoms with Crippen LogP contribution < -0.4 is 10.1 Å². The van der Waals surface area contributed by atoms with Crippen LogP contribution in [-0.2, 0) is 17.6 Å². The van der Waals surface area contributed by atoms with Crippen LogP contribution in [0.15, 0.2) is 39.8 Å². The summed E-state index contributed by atoms with van der Waals surface area (Å²) in [6.45, 7) is 1.76. The predicted octanol–water partition coefficient (Wildman–Crippen LogP) is 2.49. The molecule has 0 radical (unpaired) electrons. The topological polar surface area (TPSA) is 90.1 Å². The summed E-state index contributed by atoms with van der Waals surface area (Å²) >= 11 is 1.62. The van der Waals surface area contributed by atoms with Crippen molar-refractivity contribution in [2.45, 2.75) is 25.8 Å². The normalized spacial score (nSPS) is 11.9. The maximum Gasteiger partial charge on any atom is 0.226 e. The number of aromatic nitrogens is 3. The standard InChI is InChI=1S/C17H18N4O3S/c1-11-14(21-24-20-11)9-16(22)19-15(8-12-5-7-25-10-12)13-4-3-6-18-17(13)23-2/h3-7,10,15H,8-9H2,1-2H3,(H,19,22). The fourth-order valence-corrected chi connectivity index (χ4v) is 3.21. The van der Waals surface area contributed by atoms with E-state index >= 15 is 0 Å². The SMILES string of the molecule is COc1ncccc1C(Cc1ccsc1)NC(=O)Cc1nonc1C. The van der Waals surface area contributed by atoms with E-state index in [4.69, 9.17) is 4.74 Å². The molecule has 1 amide bonds.